The van der Waals surface area contributed by atoms with E-state index in [4.69, 9.17) is 0 Å². The number of aromatic hydroxyl groups is 1. The Morgan fingerprint density at radius 1 is 0.958 bits per heavy atom. The third kappa shape index (κ3) is 3.21. The van der Waals surface area contributed by atoms with Crippen molar-refractivity contribution < 1.29 is 5.11 Å². The van der Waals surface area contributed by atoms with E-state index in [1.807, 2.05) is 0 Å². The van der Waals surface area contributed by atoms with E-state index in [9.17, 15) is 5.11 Å². The van der Waals surface area contributed by atoms with Crippen molar-refractivity contribution in [3.63, 3.8) is 0 Å². The Kier molecular flexibility index (Phi) is 4.32. The van der Waals surface area contributed by atoms with Crippen molar-refractivity contribution in [3.05, 3.63) is 65.7 Å². The summed E-state index contributed by atoms with van der Waals surface area (Å²) < 4.78 is 0. The number of hydrogen-bond acceptors (Lipinski definition) is 2. The minimum absolute atomic E-state index is 0.355. The first-order valence-electron chi connectivity index (χ1n) is 9.25. The number of rotatable bonds is 4. The highest BCUT2D eigenvalue weighted by atomic mass is 16.3. The van der Waals surface area contributed by atoms with Gasteiger partial charge in [-0.25, -0.2) is 0 Å². The maximum absolute atomic E-state index is 9.44. The summed E-state index contributed by atoms with van der Waals surface area (Å²) in [7, 11) is 0. The molecule has 0 spiro atoms. The fourth-order valence-corrected chi connectivity index (χ4v) is 4.84. The van der Waals surface area contributed by atoms with Gasteiger partial charge in [0.05, 0.1) is 0 Å². The van der Waals surface area contributed by atoms with E-state index < -0.39 is 0 Å². The predicted molar refractivity (Wildman–Crippen MR) is 98.4 cm³/mol. The fraction of sp³-hybridized carbons (Fsp3) is 0.455. The molecule has 2 aromatic rings. The van der Waals surface area contributed by atoms with Crippen LogP contribution in [0.15, 0.2) is 54.6 Å². The van der Waals surface area contributed by atoms with E-state index in [0.29, 0.717) is 11.7 Å². The van der Waals surface area contributed by atoms with Gasteiger partial charge in [0, 0.05) is 19.6 Å². The molecule has 1 unspecified atom stereocenters. The molecule has 1 aliphatic carbocycles. The highest BCUT2D eigenvalue weighted by Gasteiger charge is 2.41. The van der Waals surface area contributed by atoms with Crippen molar-refractivity contribution in [1.82, 2.24) is 4.90 Å². The number of phenols is 1. The van der Waals surface area contributed by atoms with Gasteiger partial charge in [-0.1, -0.05) is 49.4 Å². The number of fused-ring (bicyclic) bond motifs is 1. The first-order valence-corrected chi connectivity index (χ1v) is 9.25. The van der Waals surface area contributed by atoms with Crippen molar-refractivity contribution in [3.8, 4) is 5.75 Å². The summed E-state index contributed by atoms with van der Waals surface area (Å²) >= 11 is 0. The van der Waals surface area contributed by atoms with Crippen LogP contribution in [0.4, 0.5) is 0 Å². The monoisotopic (exact) mass is 321 g/mol. The largest absolute Gasteiger partial charge is 0.508 e. The zero-order valence-corrected chi connectivity index (χ0v) is 14.4. The van der Waals surface area contributed by atoms with Gasteiger partial charge in [0.1, 0.15) is 5.75 Å². The molecular weight excluding hydrogens is 294 g/mol. The Balaban J connectivity index is 1.33. The zero-order valence-electron chi connectivity index (χ0n) is 14.4. The summed E-state index contributed by atoms with van der Waals surface area (Å²) in [6.07, 6.45) is 2.72. The highest BCUT2D eigenvalue weighted by molar-refractivity contribution is 5.28. The van der Waals surface area contributed by atoms with E-state index in [0.717, 1.165) is 24.3 Å². The van der Waals surface area contributed by atoms with Crippen molar-refractivity contribution in [2.45, 2.75) is 31.6 Å². The van der Waals surface area contributed by atoms with Gasteiger partial charge in [0.2, 0.25) is 0 Å². The lowest BCUT2D eigenvalue weighted by molar-refractivity contribution is 0.292. The topological polar surface area (TPSA) is 23.5 Å². The van der Waals surface area contributed by atoms with E-state index in [-0.39, 0.29) is 0 Å². The van der Waals surface area contributed by atoms with Gasteiger partial charge in [-0.15, -0.1) is 0 Å². The van der Waals surface area contributed by atoms with Crippen LogP contribution in [0.3, 0.4) is 0 Å². The maximum Gasteiger partial charge on any atom is 0.115 e. The van der Waals surface area contributed by atoms with Crippen LogP contribution in [0.5, 0.6) is 5.75 Å². The summed E-state index contributed by atoms with van der Waals surface area (Å²) in [4.78, 5) is 2.66. The molecule has 0 aromatic heterocycles. The van der Waals surface area contributed by atoms with Crippen molar-refractivity contribution in [2.75, 3.05) is 19.6 Å². The Morgan fingerprint density at radius 3 is 2.21 bits per heavy atom. The van der Waals surface area contributed by atoms with E-state index >= 15 is 0 Å². The van der Waals surface area contributed by atoms with E-state index in [1.54, 1.807) is 12.1 Å². The Bertz CT molecular complexity index is 652. The minimum atomic E-state index is 0.355. The normalized spacial score (nSPS) is 28.0. The van der Waals surface area contributed by atoms with Crippen LogP contribution in [-0.2, 0) is 0 Å². The molecule has 126 valence electrons. The van der Waals surface area contributed by atoms with Crippen LogP contribution in [-0.4, -0.2) is 29.6 Å². The van der Waals surface area contributed by atoms with Gasteiger partial charge in [0.15, 0.2) is 0 Å². The van der Waals surface area contributed by atoms with Crippen LogP contribution in [0.2, 0.25) is 0 Å². The minimum Gasteiger partial charge on any atom is -0.508 e. The number of nitrogens with zero attached hydrogens (tertiary/aromatic N) is 1. The van der Waals surface area contributed by atoms with E-state index in [1.165, 1.54) is 37.1 Å². The molecular formula is C22H27NO. The second kappa shape index (κ2) is 6.60. The quantitative estimate of drug-likeness (QED) is 0.888. The summed E-state index contributed by atoms with van der Waals surface area (Å²) in [5.41, 5.74) is 2.86. The third-order valence-electron chi connectivity index (χ3n) is 6.09. The molecule has 0 bridgehead atoms. The van der Waals surface area contributed by atoms with Crippen LogP contribution in [0, 0.1) is 11.8 Å². The fourth-order valence-electron chi connectivity index (χ4n) is 4.84. The molecule has 2 nitrogen and oxygen atoms in total. The van der Waals surface area contributed by atoms with Gasteiger partial charge in [-0.05, 0) is 59.8 Å². The number of benzene rings is 2. The maximum atomic E-state index is 9.44. The number of likely N-dealkylation sites (tertiary alicyclic amines) is 1. The molecule has 1 N–H and O–H groups in total. The van der Waals surface area contributed by atoms with Crippen molar-refractivity contribution >= 4 is 0 Å². The number of phenolic OH excluding ortho intramolecular Hbond substituents is 1. The van der Waals surface area contributed by atoms with Crippen LogP contribution >= 0.6 is 0 Å². The molecule has 0 amide bonds. The average molecular weight is 321 g/mol. The van der Waals surface area contributed by atoms with Crippen LogP contribution in [0.25, 0.3) is 0 Å². The molecule has 2 aromatic carbocycles. The lowest BCUT2D eigenvalue weighted by Crippen LogP contribution is -2.26. The molecule has 1 heterocycles. The second-order valence-electron chi connectivity index (χ2n) is 7.81. The summed E-state index contributed by atoms with van der Waals surface area (Å²) in [6, 6.07) is 18.8. The molecule has 4 rings (SSSR count). The molecule has 4 atom stereocenters. The standard InChI is InChI=1S/C22H27NO/c1-16(17-7-9-22(24)10-8-17)13-23-14-20-11-19(12-21(20)15-23)18-5-3-2-4-6-18/h2-10,16,19-21,24H,11-15H2,1H3/t16?,19-,20-,21+. The highest BCUT2D eigenvalue weighted by Crippen LogP contribution is 2.46. The number of hydrogen-bond donors (Lipinski definition) is 1. The molecule has 2 aliphatic rings. The molecule has 2 fully saturated rings. The summed E-state index contributed by atoms with van der Waals surface area (Å²) in [5.74, 6) is 3.41. The predicted octanol–water partition coefficient (Wildman–Crippen LogP) is 4.62. The zero-order chi connectivity index (χ0) is 16.5. The van der Waals surface area contributed by atoms with Gasteiger partial charge >= 0.3 is 0 Å². The Labute approximate surface area is 145 Å². The average Bonchev–Trinajstić information content (AvgIpc) is 3.14. The summed E-state index contributed by atoms with van der Waals surface area (Å²) in [6.45, 7) is 5.95. The molecule has 1 saturated carbocycles. The molecule has 1 saturated heterocycles. The van der Waals surface area contributed by atoms with E-state index in [2.05, 4.69) is 54.3 Å². The molecule has 2 heteroatoms. The molecule has 24 heavy (non-hydrogen) atoms. The lowest BCUT2D eigenvalue weighted by atomic mass is 9.96. The smallest absolute Gasteiger partial charge is 0.115 e. The second-order valence-corrected chi connectivity index (χ2v) is 7.81. The van der Waals surface area contributed by atoms with Crippen LogP contribution < -0.4 is 0 Å². The van der Waals surface area contributed by atoms with Gasteiger partial charge in [-0.3, -0.25) is 0 Å². The van der Waals surface area contributed by atoms with Gasteiger partial charge in [-0.2, -0.15) is 0 Å². The first-order chi connectivity index (χ1) is 11.7. The molecule has 1 aliphatic heterocycles. The summed E-state index contributed by atoms with van der Waals surface area (Å²) in [5, 5.41) is 9.44. The molecule has 0 radical (unpaired) electrons. The van der Waals surface area contributed by atoms with Crippen LogP contribution in [0.1, 0.15) is 42.7 Å². The van der Waals surface area contributed by atoms with Gasteiger partial charge < -0.3 is 10.0 Å². The first kappa shape index (κ1) is 15.7. The van der Waals surface area contributed by atoms with Gasteiger partial charge in [0.25, 0.3) is 0 Å². The Morgan fingerprint density at radius 2 is 1.58 bits per heavy atom. The van der Waals surface area contributed by atoms with Crippen molar-refractivity contribution in [1.29, 1.82) is 0 Å². The Hall–Kier alpha value is -1.80. The van der Waals surface area contributed by atoms with Crippen molar-refractivity contribution in [2.24, 2.45) is 11.8 Å². The SMILES string of the molecule is CC(CN1C[C@H]2C[C@@H](c3ccccc3)C[C@H]2C1)c1ccc(O)cc1. The lowest BCUT2D eigenvalue weighted by Gasteiger charge is -2.23. The third-order valence-corrected chi connectivity index (χ3v) is 6.09.